The van der Waals surface area contributed by atoms with E-state index in [-0.39, 0.29) is 12.5 Å². The van der Waals surface area contributed by atoms with E-state index in [9.17, 15) is 9.59 Å². The van der Waals surface area contributed by atoms with Crippen molar-refractivity contribution in [2.24, 2.45) is 5.92 Å². The second-order valence-electron chi connectivity index (χ2n) is 4.67. The number of carboxylic acid groups (broad SMARTS) is 1. The van der Waals surface area contributed by atoms with Crippen LogP contribution in [0.25, 0.3) is 10.1 Å². The first-order valence-electron chi connectivity index (χ1n) is 6.07. The van der Waals surface area contributed by atoms with Crippen LogP contribution >= 0.6 is 22.9 Å². The zero-order chi connectivity index (χ0) is 14.9. The highest BCUT2D eigenvalue weighted by atomic mass is 35.5. The van der Waals surface area contributed by atoms with E-state index in [0.717, 1.165) is 10.1 Å². The van der Waals surface area contributed by atoms with Gasteiger partial charge in [-0.3, -0.25) is 9.59 Å². The minimum absolute atomic E-state index is 0.152. The molecule has 0 aliphatic carbocycles. The highest BCUT2D eigenvalue weighted by molar-refractivity contribution is 7.21. The van der Waals surface area contributed by atoms with Crippen molar-refractivity contribution in [3.63, 3.8) is 0 Å². The van der Waals surface area contributed by atoms with Gasteiger partial charge in [0.2, 0.25) is 0 Å². The third-order valence-electron chi connectivity index (χ3n) is 3.05. The molecule has 1 aromatic carbocycles. The number of aliphatic carboxylic acids is 1. The summed E-state index contributed by atoms with van der Waals surface area (Å²) in [6.45, 7) is 1.72. The molecule has 0 spiro atoms. The summed E-state index contributed by atoms with van der Waals surface area (Å²) < 4.78 is 0.945. The van der Waals surface area contributed by atoms with Crippen molar-refractivity contribution in [2.75, 3.05) is 13.6 Å². The van der Waals surface area contributed by atoms with Gasteiger partial charge < -0.3 is 10.0 Å². The van der Waals surface area contributed by atoms with Crippen LogP contribution in [0.15, 0.2) is 24.3 Å². The number of carboxylic acids is 1. The van der Waals surface area contributed by atoms with Crippen LogP contribution in [0, 0.1) is 5.92 Å². The Morgan fingerprint density at radius 1 is 1.40 bits per heavy atom. The number of nitrogens with zero attached hydrogens (tertiary/aromatic N) is 1. The molecule has 0 fully saturated rings. The number of carbonyl (C=O) groups excluding carboxylic acids is 1. The SMILES string of the molecule is CC(CN(C)C(=O)c1sc2ccccc2c1Cl)C(=O)O. The largest absolute Gasteiger partial charge is 0.481 e. The lowest BCUT2D eigenvalue weighted by Crippen LogP contribution is -2.33. The monoisotopic (exact) mass is 311 g/mol. The number of hydrogen-bond donors (Lipinski definition) is 1. The summed E-state index contributed by atoms with van der Waals surface area (Å²) in [6, 6.07) is 7.53. The lowest BCUT2D eigenvalue weighted by atomic mass is 10.1. The van der Waals surface area contributed by atoms with Gasteiger partial charge in [0, 0.05) is 23.7 Å². The van der Waals surface area contributed by atoms with Crippen LogP contribution in [-0.4, -0.2) is 35.5 Å². The molecule has 0 saturated heterocycles. The van der Waals surface area contributed by atoms with Crippen LogP contribution in [0.3, 0.4) is 0 Å². The maximum Gasteiger partial charge on any atom is 0.308 e. The van der Waals surface area contributed by atoms with Gasteiger partial charge in [0.05, 0.1) is 10.9 Å². The average Bonchev–Trinajstić information content (AvgIpc) is 2.75. The molecule has 1 heterocycles. The van der Waals surface area contributed by atoms with Crippen molar-refractivity contribution in [3.05, 3.63) is 34.2 Å². The summed E-state index contributed by atoms with van der Waals surface area (Å²) in [5.74, 6) is -1.78. The fourth-order valence-corrected chi connectivity index (χ4v) is 3.40. The first-order valence-corrected chi connectivity index (χ1v) is 7.26. The molecule has 1 atom stereocenters. The van der Waals surface area contributed by atoms with Crippen LogP contribution < -0.4 is 0 Å². The van der Waals surface area contributed by atoms with Crippen LogP contribution in [0.2, 0.25) is 5.02 Å². The van der Waals surface area contributed by atoms with E-state index in [2.05, 4.69) is 0 Å². The molecule has 0 radical (unpaired) electrons. The van der Waals surface area contributed by atoms with Crippen molar-refractivity contribution in [1.82, 2.24) is 4.90 Å². The number of halogens is 1. The van der Waals surface area contributed by atoms with Crippen LogP contribution in [0.1, 0.15) is 16.6 Å². The molecule has 1 aromatic heterocycles. The Morgan fingerprint density at radius 3 is 2.65 bits per heavy atom. The minimum Gasteiger partial charge on any atom is -0.481 e. The number of fused-ring (bicyclic) bond motifs is 1. The van der Waals surface area contributed by atoms with Gasteiger partial charge >= 0.3 is 5.97 Å². The molecular weight excluding hydrogens is 298 g/mol. The van der Waals surface area contributed by atoms with Crippen molar-refractivity contribution >= 4 is 44.9 Å². The third-order valence-corrected chi connectivity index (χ3v) is 4.71. The Hall–Kier alpha value is -1.59. The fourth-order valence-electron chi connectivity index (χ4n) is 1.90. The quantitative estimate of drug-likeness (QED) is 0.942. The van der Waals surface area contributed by atoms with E-state index in [1.54, 1.807) is 14.0 Å². The van der Waals surface area contributed by atoms with E-state index < -0.39 is 11.9 Å². The number of carbonyl (C=O) groups is 2. The maximum atomic E-state index is 12.4. The fraction of sp³-hybridized carbons (Fsp3) is 0.286. The summed E-state index contributed by atoms with van der Waals surface area (Å²) in [6.07, 6.45) is 0. The van der Waals surface area contributed by atoms with Gasteiger partial charge in [-0.05, 0) is 6.07 Å². The number of hydrogen-bond acceptors (Lipinski definition) is 3. The van der Waals surface area contributed by atoms with Crippen LogP contribution in [-0.2, 0) is 4.79 Å². The molecule has 6 heteroatoms. The summed E-state index contributed by atoms with van der Waals surface area (Å²) in [4.78, 5) is 25.0. The van der Waals surface area contributed by atoms with E-state index in [1.807, 2.05) is 24.3 Å². The van der Waals surface area contributed by atoms with Gasteiger partial charge in [0.25, 0.3) is 5.91 Å². The minimum atomic E-state index is -0.924. The van der Waals surface area contributed by atoms with Gasteiger partial charge in [-0.15, -0.1) is 11.3 Å². The van der Waals surface area contributed by atoms with Crippen LogP contribution in [0.5, 0.6) is 0 Å². The summed E-state index contributed by atoms with van der Waals surface area (Å²) in [5, 5.41) is 10.2. The molecular formula is C14H14ClNO3S. The summed E-state index contributed by atoms with van der Waals surface area (Å²) >= 11 is 7.57. The Morgan fingerprint density at radius 2 is 2.05 bits per heavy atom. The molecule has 0 saturated carbocycles. The van der Waals surface area contributed by atoms with Gasteiger partial charge in [0.15, 0.2) is 0 Å². The Labute approximate surface area is 125 Å². The summed E-state index contributed by atoms with van der Waals surface area (Å²) in [7, 11) is 1.59. The molecule has 20 heavy (non-hydrogen) atoms. The predicted molar refractivity (Wildman–Crippen MR) is 80.6 cm³/mol. The third kappa shape index (κ3) is 2.78. The number of amides is 1. The lowest BCUT2D eigenvalue weighted by molar-refractivity contribution is -0.141. The Kier molecular flexibility index (Phi) is 4.30. The smallest absolute Gasteiger partial charge is 0.308 e. The zero-order valence-corrected chi connectivity index (χ0v) is 12.7. The first kappa shape index (κ1) is 14.8. The van der Waals surface area contributed by atoms with Crippen molar-refractivity contribution < 1.29 is 14.7 Å². The van der Waals surface area contributed by atoms with Gasteiger partial charge in [-0.25, -0.2) is 0 Å². The lowest BCUT2D eigenvalue weighted by Gasteiger charge is -2.18. The number of benzene rings is 1. The molecule has 4 nitrogen and oxygen atoms in total. The Bertz CT molecular complexity index is 667. The van der Waals surface area contributed by atoms with Crippen molar-refractivity contribution in [1.29, 1.82) is 0 Å². The second-order valence-corrected chi connectivity index (χ2v) is 6.10. The van der Waals surface area contributed by atoms with Gasteiger partial charge in [-0.2, -0.15) is 0 Å². The summed E-state index contributed by atoms with van der Waals surface area (Å²) in [5.41, 5.74) is 0. The standard InChI is InChI=1S/C14H14ClNO3S/c1-8(14(18)19)7-16(2)13(17)12-11(15)9-5-3-4-6-10(9)20-12/h3-6,8H,7H2,1-2H3,(H,18,19). The highest BCUT2D eigenvalue weighted by Gasteiger charge is 2.23. The van der Waals surface area contributed by atoms with Crippen molar-refractivity contribution in [3.8, 4) is 0 Å². The van der Waals surface area contributed by atoms with Crippen LogP contribution in [0.4, 0.5) is 0 Å². The van der Waals surface area contributed by atoms with E-state index in [0.29, 0.717) is 9.90 Å². The molecule has 0 aliphatic heterocycles. The normalized spacial score (nSPS) is 12.3. The first-order chi connectivity index (χ1) is 9.41. The molecule has 0 bridgehead atoms. The second kappa shape index (κ2) is 5.81. The molecule has 2 aromatic rings. The van der Waals surface area contributed by atoms with Crippen molar-refractivity contribution in [2.45, 2.75) is 6.92 Å². The van der Waals surface area contributed by atoms with Gasteiger partial charge in [-0.1, -0.05) is 36.7 Å². The topological polar surface area (TPSA) is 57.6 Å². The number of rotatable bonds is 4. The van der Waals surface area contributed by atoms with E-state index in [4.69, 9.17) is 16.7 Å². The van der Waals surface area contributed by atoms with E-state index >= 15 is 0 Å². The molecule has 1 amide bonds. The Balaban J connectivity index is 2.27. The molecule has 1 N–H and O–H groups in total. The maximum absolute atomic E-state index is 12.4. The molecule has 2 rings (SSSR count). The highest BCUT2D eigenvalue weighted by Crippen LogP contribution is 2.35. The average molecular weight is 312 g/mol. The van der Waals surface area contributed by atoms with E-state index in [1.165, 1.54) is 16.2 Å². The predicted octanol–water partition coefficient (Wildman–Crippen LogP) is 3.35. The zero-order valence-electron chi connectivity index (χ0n) is 11.1. The van der Waals surface area contributed by atoms with Gasteiger partial charge in [0.1, 0.15) is 4.88 Å². The molecule has 0 aliphatic rings. The molecule has 1 unspecified atom stereocenters. The number of thiophene rings is 1. The molecule has 106 valence electrons.